The molecule has 1 aromatic carbocycles. The molecule has 9 heteroatoms. The van der Waals surface area contributed by atoms with Crippen LogP contribution in [0.1, 0.15) is 30.8 Å². The number of amides is 1. The highest BCUT2D eigenvalue weighted by molar-refractivity contribution is 8.02. The van der Waals surface area contributed by atoms with E-state index in [1.54, 1.807) is 4.68 Å². The molecule has 7 nitrogen and oxygen atoms in total. The number of aromatic nitrogens is 4. The van der Waals surface area contributed by atoms with Crippen LogP contribution in [0.25, 0.3) is 0 Å². The smallest absolute Gasteiger partial charge is 0.237 e. The third-order valence-corrected chi connectivity index (χ3v) is 6.45. The third-order valence-electron chi connectivity index (χ3n) is 4.42. The molecule has 2 N–H and O–H groups in total. The molecule has 0 saturated carbocycles. The fourth-order valence-corrected chi connectivity index (χ4v) is 4.56. The second kappa shape index (κ2) is 8.74. The summed E-state index contributed by atoms with van der Waals surface area (Å²) in [6.45, 7) is 7.81. The van der Waals surface area contributed by atoms with Gasteiger partial charge in [-0.15, -0.1) is 10.2 Å². The second-order valence-corrected chi connectivity index (χ2v) is 9.03. The Morgan fingerprint density at radius 2 is 1.96 bits per heavy atom. The van der Waals surface area contributed by atoms with Crippen LogP contribution in [0.4, 0.5) is 16.5 Å². The normalized spacial score (nSPS) is 12.0. The van der Waals surface area contributed by atoms with Crippen molar-refractivity contribution in [3.05, 3.63) is 41.2 Å². The molecule has 2 heterocycles. The van der Waals surface area contributed by atoms with Crippen LogP contribution in [0.2, 0.25) is 0 Å². The SMILES string of the molecule is CCc1ccc(Nc2nnc(S[C@H](C)C(=O)Nc3c(C)nn(C)c3C)s2)cc1. The zero-order valence-corrected chi connectivity index (χ0v) is 18.2. The van der Waals surface area contributed by atoms with E-state index in [0.29, 0.717) is 5.13 Å². The van der Waals surface area contributed by atoms with Gasteiger partial charge in [-0.1, -0.05) is 42.2 Å². The fraction of sp³-hybridized carbons (Fsp3) is 0.368. The minimum atomic E-state index is -0.302. The molecule has 3 rings (SSSR count). The van der Waals surface area contributed by atoms with Crippen molar-refractivity contribution in [2.45, 2.75) is 43.7 Å². The summed E-state index contributed by atoms with van der Waals surface area (Å²) in [7, 11) is 1.86. The number of benzene rings is 1. The van der Waals surface area contributed by atoms with Crippen LogP contribution < -0.4 is 10.6 Å². The number of hydrogen-bond acceptors (Lipinski definition) is 7. The fourth-order valence-electron chi connectivity index (χ4n) is 2.64. The topological polar surface area (TPSA) is 84.7 Å². The van der Waals surface area contributed by atoms with Gasteiger partial charge in [0.2, 0.25) is 11.0 Å². The quantitative estimate of drug-likeness (QED) is 0.558. The number of aryl methyl sites for hydroxylation is 3. The van der Waals surface area contributed by atoms with Crippen LogP contribution in [-0.4, -0.2) is 31.1 Å². The summed E-state index contributed by atoms with van der Waals surface area (Å²) in [6.07, 6.45) is 1.01. The monoisotopic (exact) mass is 416 g/mol. The van der Waals surface area contributed by atoms with Crippen molar-refractivity contribution in [3.63, 3.8) is 0 Å². The van der Waals surface area contributed by atoms with Crippen LogP contribution >= 0.6 is 23.1 Å². The van der Waals surface area contributed by atoms with Gasteiger partial charge in [0, 0.05) is 12.7 Å². The molecule has 0 aliphatic rings. The summed E-state index contributed by atoms with van der Waals surface area (Å²) in [5.74, 6) is -0.0796. The lowest BCUT2D eigenvalue weighted by Crippen LogP contribution is -2.23. The zero-order chi connectivity index (χ0) is 20.3. The molecule has 0 saturated heterocycles. The van der Waals surface area contributed by atoms with E-state index < -0.39 is 0 Å². The van der Waals surface area contributed by atoms with Gasteiger partial charge in [-0.25, -0.2) is 0 Å². The number of thioether (sulfide) groups is 1. The van der Waals surface area contributed by atoms with Gasteiger partial charge in [-0.05, 0) is 44.9 Å². The predicted molar refractivity (Wildman–Crippen MR) is 116 cm³/mol. The molecule has 0 fully saturated rings. The molecule has 0 bridgehead atoms. The van der Waals surface area contributed by atoms with Gasteiger partial charge in [0.1, 0.15) is 0 Å². The molecular formula is C19H24N6OS2. The highest BCUT2D eigenvalue weighted by Gasteiger charge is 2.20. The van der Waals surface area contributed by atoms with Gasteiger partial charge in [-0.2, -0.15) is 5.10 Å². The van der Waals surface area contributed by atoms with Gasteiger partial charge in [0.25, 0.3) is 0 Å². The summed E-state index contributed by atoms with van der Waals surface area (Å²) < 4.78 is 2.51. The first-order chi connectivity index (χ1) is 13.4. The van der Waals surface area contributed by atoms with Crippen LogP contribution in [0.3, 0.4) is 0 Å². The third kappa shape index (κ3) is 4.71. The molecule has 0 unspecified atom stereocenters. The van der Waals surface area contributed by atoms with E-state index in [1.165, 1.54) is 28.7 Å². The Bertz CT molecular complexity index is 963. The van der Waals surface area contributed by atoms with Crippen LogP contribution in [0.15, 0.2) is 28.6 Å². The first-order valence-electron chi connectivity index (χ1n) is 9.04. The minimum Gasteiger partial charge on any atom is -0.330 e. The molecular weight excluding hydrogens is 392 g/mol. The summed E-state index contributed by atoms with van der Waals surface area (Å²) in [6, 6.07) is 8.24. The average molecular weight is 417 g/mol. The Kier molecular flexibility index (Phi) is 6.35. The Morgan fingerprint density at radius 1 is 1.25 bits per heavy atom. The first-order valence-corrected chi connectivity index (χ1v) is 10.7. The Hall–Kier alpha value is -2.39. The van der Waals surface area contributed by atoms with E-state index >= 15 is 0 Å². The summed E-state index contributed by atoms with van der Waals surface area (Å²) in [5.41, 5.74) is 4.77. The van der Waals surface area contributed by atoms with Crippen molar-refractivity contribution in [1.29, 1.82) is 0 Å². The maximum absolute atomic E-state index is 12.6. The van der Waals surface area contributed by atoms with Crippen LogP contribution in [0.5, 0.6) is 0 Å². The molecule has 1 atom stereocenters. The molecule has 0 spiro atoms. The predicted octanol–water partition coefficient (Wildman–Crippen LogP) is 4.31. The highest BCUT2D eigenvalue weighted by atomic mass is 32.2. The van der Waals surface area contributed by atoms with Crippen molar-refractivity contribution < 1.29 is 4.79 Å². The Morgan fingerprint density at radius 3 is 2.57 bits per heavy atom. The average Bonchev–Trinajstić information content (AvgIpc) is 3.21. The van der Waals surface area contributed by atoms with Crippen LogP contribution in [-0.2, 0) is 18.3 Å². The molecule has 28 heavy (non-hydrogen) atoms. The number of nitrogens with one attached hydrogen (secondary N) is 2. The van der Waals surface area contributed by atoms with Gasteiger partial charge >= 0.3 is 0 Å². The standard InChI is InChI=1S/C19H24N6OS2/c1-6-14-7-9-15(10-8-14)20-18-22-23-19(28-18)27-13(4)17(26)21-16-11(2)24-25(5)12(16)3/h7-10,13H,6H2,1-5H3,(H,20,22)(H,21,26)/t13-/m1/s1. The number of rotatable bonds is 7. The maximum Gasteiger partial charge on any atom is 0.237 e. The Labute approximate surface area is 173 Å². The lowest BCUT2D eigenvalue weighted by Gasteiger charge is -2.10. The molecule has 148 valence electrons. The van der Waals surface area contributed by atoms with Gasteiger partial charge in [0.05, 0.1) is 22.3 Å². The van der Waals surface area contributed by atoms with Gasteiger partial charge in [0.15, 0.2) is 4.34 Å². The van der Waals surface area contributed by atoms with Crippen LogP contribution in [0, 0.1) is 13.8 Å². The zero-order valence-electron chi connectivity index (χ0n) is 16.6. The lowest BCUT2D eigenvalue weighted by atomic mass is 10.1. The van der Waals surface area contributed by atoms with E-state index in [4.69, 9.17) is 0 Å². The molecule has 0 aliphatic heterocycles. The van der Waals surface area contributed by atoms with Gasteiger partial charge < -0.3 is 10.6 Å². The van der Waals surface area contributed by atoms with E-state index in [2.05, 4.69) is 45.0 Å². The van der Waals surface area contributed by atoms with E-state index in [1.807, 2.05) is 40.0 Å². The number of anilines is 3. The molecule has 3 aromatic rings. The second-order valence-electron chi connectivity index (χ2n) is 6.47. The summed E-state index contributed by atoms with van der Waals surface area (Å²) in [4.78, 5) is 12.6. The maximum atomic E-state index is 12.6. The van der Waals surface area contributed by atoms with E-state index in [9.17, 15) is 4.79 Å². The number of carbonyl (C=O) groups excluding carboxylic acids is 1. The number of nitrogens with zero attached hydrogens (tertiary/aromatic N) is 4. The number of carbonyl (C=O) groups is 1. The molecule has 2 aromatic heterocycles. The van der Waals surface area contributed by atoms with E-state index in [0.717, 1.165) is 33.5 Å². The molecule has 0 aliphatic carbocycles. The van der Waals surface area contributed by atoms with Crippen molar-refractivity contribution in [2.75, 3.05) is 10.6 Å². The largest absolute Gasteiger partial charge is 0.330 e. The van der Waals surface area contributed by atoms with E-state index in [-0.39, 0.29) is 11.2 Å². The number of hydrogen-bond donors (Lipinski definition) is 2. The minimum absolute atomic E-state index is 0.0796. The van der Waals surface area contributed by atoms with Crippen molar-refractivity contribution in [1.82, 2.24) is 20.0 Å². The van der Waals surface area contributed by atoms with Crippen molar-refractivity contribution in [3.8, 4) is 0 Å². The highest BCUT2D eigenvalue weighted by Crippen LogP contribution is 2.31. The lowest BCUT2D eigenvalue weighted by molar-refractivity contribution is -0.115. The Balaban J connectivity index is 1.59. The summed E-state index contributed by atoms with van der Waals surface area (Å²) >= 11 is 2.83. The van der Waals surface area contributed by atoms with Gasteiger partial charge in [-0.3, -0.25) is 9.48 Å². The van der Waals surface area contributed by atoms with Crippen molar-refractivity contribution >= 4 is 45.5 Å². The summed E-state index contributed by atoms with van der Waals surface area (Å²) in [5, 5.41) is 19.3. The molecule has 1 amide bonds. The molecule has 0 radical (unpaired) electrons. The van der Waals surface area contributed by atoms with Crippen molar-refractivity contribution in [2.24, 2.45) is 7.05 Å². The first kappa shape index (κ1) is 20.3.